The first-order valence-electron chi connectivity index (χ1n) is 10.3. The van der Waals surface area contributed by atoms with Gasteiger partial charge in [0.2, 0.25) is 0 Å². The summed E-state index contributed by atoms with van der Waals surface area (Å²) < 4.78 is 7.07. The number of ether oxygens (including phenoxy) is 1. The quantitative estimate of drug-likeness (QED) is 0.585. The van der Waals surface area contributed by atoms with Crippen molar-refractivity contribution in [3.05, 3.63) is 70.7 Å². The van der Waals surface area contributed by atoms with Gasteiger partial charge in [0.1, 0.15) is 17.4 Å². The molecule has 0 amide bonds. The molecule has 4 rings (SSSR count). The van der Waals surface area contributed by atoms with Crippen LogP contribution in [0.4, 0.5) is 0 Å². The van der Waals surface area contributed by atoms with Crippen LogP contribution in [0.1, 0.15) is 40.7 Å². The van der Waals surface area contributed by atoms with E-state index in [1.54, 1.807) is 17.0 Å². The third-order valence-corrected chi connectivity index (χ3v) is 5.44. The lowest BCUT2D eigenvalue weighted by atomic mass is 10.1. The highest BCUT2D eigenvalue weighted by Gasteiger charge is 2.31. The van der Waals surface area contributed by atoms with Crippen molar-refractivity contribution in [3.63, 3.8) is 0 Å². The minimum absolute atomic E-state index is 0.139. The van der Waals surface area contributed by atoms with E-state index in [0.717, 1.165) is 28.6 Å². The van der Waals surface area contributed by atoms with Crippen molar-refractivity contribution in [3.8, 4) is 0 Å². The normalized spacial score (nSPS) is 14.0. The molecule has 0 saturated carbocycles. The first-order chi connectivity index (χ1) is 14.9. The van der Waals surface area contributed by atoms with Crippen molar-refractivity contribution in [2.75, 3.05) is 13.2 Å². The topological polar surface area (TPSA) is 91.4 Å². The summed E-state index contributed by atoms with van der Waals surface area (Å²) in [6, 6.07) is 13.2. The van der Waals surface area contributed by atoms with Gasteiger partial charge in [0.05, 0.1) is 35.3 Å². The number of imidazole rings is 1. The monoisotopic (exact) mass is 418 g/mol. The molecular formula is C24H26N4O3. The van der Waals surface area contributed by atoms with E-state index in [2.05, 4.69) is 4.98 Å². The van der Waals surface area contributed by atoms with Crippen LogP contribution < -0.4 is 0 Å². The summed E-state index contributed by atoms with van der Waals surface area (Å²) in [4.78, 5) is 18.4. The van der Waals surface area contributed by atoms with Crippen molar-refractivity contribution in [1.82, 2.24) is 14.5 Å². The fourth-order valence-corrected chi connectivity index (χ4v) is 3.78. The number of fused-ring (bicyclic) bond motifs is 1. The third-order valence-electron chi connectivity index (χ3n) is 5.44. The van der Waals surface area contributed by atoms with Crippen LogP contribution in [-0.2, 0) is 18.3 Å². The van der Waals surface area contributed by atoms with Crippen LogP contribution in [0.3, 0.4) is 0 Å². The van der Waals surface area contributed by atoms with Gasteiger partial charge in [0, 0.05) is 13.6 Å². The molecule has 0 bridgehead atoms. The van der Waals surface area contributed by atoms with Gasteiger partial charge in [0.15, 0.2) is 0 Å². The maximum absolute atomic E-state index is 12.0. The fraction of sp³-hybridized carbons (Fsp3) is 0.292. The molecule has 160 valence electrons. The van der Waals surface area contributed by atoms with Crippen LogP contribution in [0, 0.1) is 12.3 Å². The van der Waals surface area contributed by atoms with Gasteiger partial charge in [-0.3, -0.25) is 5.41 Å². The van der Waals surface area contributed by atoms with Crippen LogP contribution in [0.15, 0.2) is 48.2 Å². The lowest BCUT2D eigenvalue weighted by Gasteiger charge is -2.19. The van der Waals surface area contributed by atoms with E-state index in [-0.39, 0.29) is 24.1 Å². The molecule has 1 aromatic heterocycles. The molecule has 1 aliphatic rings. The van der Waals surface area contributed by atoms with Crippen LogP contribution in [-0.4, -0.2) is 44.5 Å². The summed E-state index contributed by atoms with van der Waals surface area (Å²) in [6.07, 6.45) is 0.783. The van der Waals surface area contributed by atoms with Crippen molar-refractivity contribution in [2.24, 2.45) is 7.05 Å². The van der Waals surface area contributed by atoms with Crippen molar-refractivity contribution >= 4 is 28.4 Å². The number of hydrogen-bond acceptors (Lipinski definition) is 5. The van der Waals surface area contributed by atoms with E-state index >= 15 is 0 Å². The molecule has 0 spiro atoms. The van der Waals surface area contributed by atoms with Gasteiger partial charge < -0.3 is 19.3 Å². The predicted octanol–water partition coefficient (Wildman–Crippen LogP) is 4.21. The Balaban J connectivity index is 1.52. The largest absolute Gasteiger partial charge is 0.510 e. The molecule has 2 heterocycles. The molecule has 0 atom stereocenters. The Morgan fingerprint density at radius 2 is 1.97 bits per heavy atom. The number of nitrogens with zero attached hydrogens (tertiary/aromatic N) is 3. The highest BCUT2D eigenvalue weighted by Crippen LogP contribution is 2.30. The van der Waals surface area contributed by atoms with Gasteiger partial charge in [0.25, 0.3) is 0 Å². The van der Waals surface area contributed by atoms with Crippen molar-refractivity contribution in [2.45, 2.75) is 26.8 Å². The zero-order valence-electron chi connectivity index (χ0n) is 18.0. The molecule has 31 heavy (non-hydrogen) atoms. The molecule has 7 heteroatoms. The number of carbonyl (C=O) groups excluding carboxylic acids is 1. The van der Waals surface area contributed by atoms with E-state index in [4.69, 9.17) is 10.1 Å². The number of aryl methyl sites for hydroxylation is 2. The van der Waals surface area contributed by atoms with E-state index in [1.165, 1.54) is 0 Å². The average molecular weight is 418 g/mol. The van der Waals surface area contributed by atoms with Crippen LogP contribution in [0.25, 0.3) is 16.6 Å². The van der Waals surface area contributed by atoms with Gasteiger partial charge in [-0.1, -0.05) is 25.1 Å². The molecule has 1 aliphatic heterocycles. The Hall–Kier alpha value is -3.61. The summed E-state index contributed by atoms with van der Waals surface area (Å²) in [6.45, 7) is 5.06. The lowest BCUT2D eigenvalue weighted by Crippen LogP contribution is -2.26. The van der Waals surface area contributed by atoms with Crippen LogP contribution in [0.5, 0.6) is 0 Å². The Bertz CT molecular complexity index is 1190. The average Bonchev–Trinajstić information content (AvgIpc) is 3.21. The smallest absolute Gasteiger partial charge is 0.338 e. The Labute approximate surface area is 181 Å². The molecule has 0 saturated heterocycles. The predicted molar refractivity (Wildman–Crippen MR) is 120 cm³/mol. The molecule has 0 unspecified atom stereocenters. The van der Waals surface area contributed by atoms with E-state index in [9.17, 15) is 9.90 Å². The van der Waals surface area contributed by atoms with Gasteiger partial charge >= 0.3 is 5.97 Å². The third kappa shape index (κ3) is 3.91. The number of benzene rings is 2. The van der Waals surface area contributed by atoms with E-state index in [0.29, 0.717) is 30.1 Å². The van der Waals surface area contributed by atoms with Crippen molar-refractivity contribution < 1.29 is 14.6 Å². The highest BCUT2D eigenvalue weighted by molar-refractivity contribution is 6.23. The first kappa shape index (κ1) is 20.7. The Morgan fingerprint density at radius 3 is 2.68 bits per heavy atom. The molecule has 2 N–H and O–H groups in total. The summed E-state index contributed by atoms with van der Waals surface area (Å²) in [5, 5.41) is 19.3. The number of aliphatic hydroxyl groups is 1. The molecule has 0 fully saturated rings. The minimum atomic E-state index is -0.332. The summed E-state index contributed by atoms with van der Waals surface area (Å²) in [7, 11) is 1.90. The second-order valence-electron chi connectivity index (χ2n) is 7.85. The van der Waals surface area contributed by atoms with Gasteiger partial charge in [-0.05, 0) is 48.7 Å². The molecule has 7 nitrogen and oxygen atoms in total. The van der Waals surface area contributed by atoms with E-state index < -0.39 is 0 Å². The maximum atomic E-state index is 12.0. The summed E-state index contributed by atoms with van der Waals surface area (Å²) >= 11 is 0. The number of rotatable bonds is 6. The highest BCUT2D eigenvalue weighted by atomic mass is 16.5. The number of aromatic nitrogens is 2. The summed E-state index contributed by atoms with van der Waals surface area (Å²) in [5.41, 5.74) is 4.81. The first-order valence-corrected chi connectivity index (χ1v) is 10.3. The Morgan fingerprint density at radius 1 is 1.23 bits per heavy atom. The molecular weight excluding hydrogens is 392 g/mol. The van der Waals surface area contributed by atoms with Crippen molar-refractivity contribution in [1.29, 1.82) is 5.41 Å². The number of aliphatic hydroxyl groups excluding tert-OH is 1. The van der Waals surface area contributed by atoms with Gasteiger partial charge in [-0.2, -0.15) is 0 Å². The molecule has 0 aliphatic carbocycles. The van der Waals surface area contributed by atoms with Crippen LogP contribution in [0.2, 0.25) is 0 Å². The van der Waals surface area contributed by atoms with Gasteiger partial charge in [-0.15, -0.1) is 0 Å². The van der Waals surface area contributed by atoms with E-state index in [1.807, 2.05) is 55.8 Å². The zero-order chi connectivity index (χ0) is 22.1. The lowest BCUT2D eigenvalue weighted by molar-refractivity contribution is 0.0505. The molecule has 3 aromatic rings. The van der Waals surface area contributed by atoms with Gasteiger partial charge in [-0.25, -0.2) is 9.78 Å². The summed E-state index contributed by atoms with van der Waals surface area (Å²) in [5.74, 6) is 0.625. The molecule has 2 aromatic carbocycles. The standard InChI is InChI=1S/C24H26N4O3/c1-4-11-31-24(30)17-8-6-16(7-9-17)13-28-14-20(29)21(22(28)25)23-26-18-12-15(2)5-10-19(18)27(23)3/h5-10,12,25,29H,4,11,13-14H2,1-3H3. The minimum Gasteiger partial charge on any atom is -0.510 e. The maximum Gasteiger partial charge on any atom is 0.338 e. The fourth-order valence-electron chi connectivity index (χ4n) is 3.78. The second kappa shape index (κ2) is 8.26. The number of esters is 1. The number of hydrogen-bond donors (Lipinski definition) is 2. The number of amidine groups is 1. The number of nitrogens with one attached hydrogen (secondary N) is 1. The van der Waals surface area contributed by atoms with Crippen LogP contribution >= 0.6 is 0 Å². The SMILES string of the molecule is CCCOC(=O)c1ccc(CN2CC(O)=C(c3nc4cc(C)ccc4n3C)C2=N)cc1. The second-order valence-corrected chi connectivity index (χ2v) is 7.85. The molecule has 0 radical (unpaired) electrons. The zero-order valence-corrected chi connectivity index (χ0v) is 18.0. The Kier molecular flexibility index (Phi) is 5.50. The number of carbonyl (C=O) groups is 1.